The van der Waals surface area contributed by atoms with E-state index in [2.05, 4.69) is 0 Å². The molecule has 0 aromatic carbocycles. The number of aliphatic hydroxyl groups is 2. The summed E-state index contributed by atoms with van der Waals surface area (Å²) in [6, 6.07) is 0. The van der Waals surface area contributed by atoms with Crippen LogP contribution in [0.3, 0.4) is 0 Å². The lowest BCUT2D eigenvalue weighted by Gasteiger charge is -2.39. The molecule has 0 aromatic rings. The van der Waals surface area contributed by atoms with Crippen molar-refractivity contribution in [1.82, 2.24) is 0 Å². The van der Waals surface area contributed by atoms with Crippen molar-refractivity contribution in [3.05, 3.63) is 0 Å². The van der Waals surface area contributed by atoms with E-state index in [1.807, 2.05) is 0 Å². The quantitative estimate of drug-likeness (QED) is 0.516. The number of aliphatic carboxylic acids is 1. The van der Waals surface area contributed by atoms with Crippen LogP contribution >= 0.6 is 0 Å². The van der Waals surface area contributed by atoms with Gasteiger partial charge in [-0.2, -0.15) is 0 Å². The summed E-state index contributed by atoms with van der Waals surface area (Å²) >= 11 is 0. The number of methoxy groups -OCH3 is 2. The van der Waals surface area contributed by atoms with Gasteiger partial charge in [0.25, 0.3) is 0 Å². The molecule has 88 valence electrons. The fraction of sp³-hybridized carbons (Fsp3) is 0.875. The molecule has 1 aliphatic heterocycles. The minimum atomic E-state index is -1.37. The molecule has 0 spiro atoms. The third-order valence-electron chi connectivity index (χ3n) is 2.29. The van der Waals surface area contributed by atoms with Gasteiger partial charge < -0.3 is 29.5 Å². The normalized spacial score (nSPS) is 41.5. The number of hydrogen-bond acceptors (Lipinski definition) is 6. The maximum Gasteiger partial charge on any atom is 0.335 e. The van der Waals surface area contributed by atoms with Crippen molar-refractivity contribution in [2.24, 2.45) is 0 Å². The molecule has 1 rings (SSSR count). The molecule has 0 amide bonds. The van der Waals surface area contributed by atoms with Crippen LogP contribution in [0.4, 0.5) is 0 Å². The largest absolute Gasteiger partial charge is 0.479 e. The molecule has 7 heteroatoms. The van der Waals surface area contributed by atoms with Crippen molar-refractivity contribution in [1.29, 1.82) is 0 Å². The van der Waals surface area contributed by atoms with E-state index in [9.17, 15) is 15.0 Å². The number of carboxylic acids is 1. The van der Waals surface area contributed by atoms with Crippen molar-refractivity contribution in [2.75, 3.05) is 14.2 Å². The first kappa shape index (κ1) is 12.3. The Kier molecular flexibility index (Phi) is 4.00. The molecule has 0 aromatic heterocycles. The van der Waals surface area contributed by atoms with Gasteiger partial charge in [-0.25, -0.2) is 4.79 Å². The van der Waals surface area contributed by atoms with E-state index >= 15 is 0 Å². The van der Waals surface area contributed by atoms with Crippen molar-refractivity contribution in [2.45, 2.75) is 30.7 Å². The molecular weight excluding hydrogens is 208 g/mol. The molecule has 15 heavy (non-hydrogen) atoms. The fourth-order valence-electron chi connectivity index (χ4n) is 1.49. The number of rotatable bonds is 3. The Morgan fingerprint density at radius 2 is 1.80 bits per heavy atom. The molecular formula is C8H14O7. The van der Waals surface area contributed by atoms with Crippen LogP contribution in [0, 0.1) is 0 Å². The summed E-state index contributed by atoms with van der Waals surface area (Å²) in [5.41, 5.74) is 0. The lowest BCUT2D eigenvalue weighted by molar-refractivity contribution is -0.290. The Balaban J connectivity index is 2.84. The molecule has 1 fully saturated rings. The monoisotopic (exact) mass is 222 g/mol. The topological polar surface area (TPSA) is 105 Å². The number of carbonyl (C=O) groups is 1. The van der Waals surface area contributed by atoms with E-state index in [1.54, 1.807) is 0 Å². The van der Waals surface area contributed by atoms with Crippen LogP contribution < -0.4 is 0 Å². The van der Waals surface area contributed by atoms with Gasteiger partial charge in [0.05, 0.1) is 0 Å². The molecule has 7 nitrogen and oxygen atoms in total. The summed E-state index contributed by atoms with van der Waals surface area (Å²) in [7, 11) is 2.47. The van der Waals surface area contributed by atoms with E-state index in [4.69, 9.17) is 19.3 Å². The van der Waals surface area contributed by atoms with Crippen molar-refractivity contribution in [3.8, 4) is 0 Å². The number of carboxylic acid groups (broad SMARTS) is 1. The molecule has 3 N–H and O–H groups in total. The molecule has 0 aliphatic carbocycles. The van der Waals surface area contributed by atoms with Gasteiger partial charge in [-0.3, -0.25) is 0 Å². The third kappa shape index (κ3) is 2.27. The van der Waals surface area contributed by atoms with Gasteiger partial charge in [0, 0.05) is 14.2 Å². The smallest absolute Gasteiger partial charge is 0.335 e. The molecule has 5 atom stereocenters. The summed E-state index contributed by atoms with van der Waals surface area (Å²) in [4.78, 5) is 10.8. The van der Waals surface area contributed by atoms with Crippen LogP contribution in [0.1, 0.15) is 0 Å². The van der Waals surface area contributed by atoms with Crippen molar-refractivity contribution >= 4 is 5.97 Å². The summed E-state index contributed by atoms with van der Waals surface area (Å²) in [6.07, 6.45) is -6.36. The Morgan fingerprint density at radius 1 is 1.20 bits per heavy atom. The minimum absolute atomic E-state index is 1.12. The Bertz CT molecular complexity index is 231. The van der Waals surface area contributed by atoms with Crippen LogP contribution in [-0.2, 0) is 19.0 Å². The molecule has 1 heterocycles. The number of hydrogen-bond donors (Lipinski definition) is 3. The van der Waals surface area contributed by atoms with Crippen molar-refractivity contribution < 1.29 is 34.3 Å². The Hall–Kier alpha value is -0.730. The zero-order valence-electron chi connectivity index (χ0n) is 8.36. The summed E-state index contributed by atoms with van der Waals surface area (Å²) < 4.78 is 14.4. The van der Waals surface area contributed by atoms with E-state index in [1.165, 1.54) is 14.2 Å². The van der Waals surface area contributed by atoms with Gasteiger partial charge in [0.2, 0.25) is 0 Å². The number of aliphatic hydroxyl groups excluding tert-OH is 2. The molecule has 0 radical (unpaired) electrons. The second-order valence-electron chi connectivity index (χ2n) is 3.18. The second kappa shape index (κ2) is 4.86. The van der Waals surface area contributed by atoms with E-state index in [0.29, 0.717) is 0 Å². The van der Waals surface area contributed by atoms with Crippen LogP contribution in [0.5, 0.6) is 0 Å². The highest BCUT2D eigenvalue weighted by Gasteiger charge is 2.48. The minimum Gasteiger partial charge on any atom is -0.479 e. The second-order valence-corrected chi connectivity index (χ2v) is 3.18. The highest BCUT2D eigenvalue weighted by atomic mass is 16.7. The Morgan fingerprint density at radius 3 is 2.20 bits per heavy atom. The van der Waals surface area contributed by atoms with E-state index in [0.717, 1.165) is 0 Å². The van der Waals surface area contributed by atoms with Gasteiger partial charge in [0.15, 0.2) is 12.4 Å². The predicted molar refractivity (Wildman–Crippen MR) is 46.1 cm³/mol. The summed E-state index contributed by atoms with van der Waals surface area (Å²) in [5, 5.41) is 27.8. The van der Waals surface area contributed by atoms with Gasteiger partial charge in [0.1, 0.15) is 18.3 Å². The molecule has 1 saturated heterocycles. The third-order valence-corrected chi connectivity index (χ3v) is 2.29. The van der Waals surface area contributed by atoms with Gasteiger partial charge in [-0.15, -0.1) is 0 Å². The number of ether oxygens (including phenoxy) is 3. The lowest BCUT2D eigenvalue weighted by Crippen LogP contribution is -2.60. The van der Waals surface area contributed by atoms with Crippen LogP contribution in [0.25, 0.3) is 0 Å². The zero-order chi connectivity index (χ0) is 11.6. The van der Waals surface area contributed by atoms with Crippen LogP contribution in [0.15, 0.2) is 0 Å². The SMILES string of the molecule is COC1O[C@@H](C(=O)O)[C@@H](OC)[C@H](O)[C@@H]1O. The average molecular weight is 222 g/mol. The standard InChI is InChI=1S/C8H14O7/c1-13-5-3(9)4(10)8(14-2)15-6(5)7(11)12/h3-6,8-10H,1-2H3,(H,11,12)/t3-,4+,5+,6-,8?/m1/s1. The highest BCUT2D eigenvalue weighted by Crippen LogP contribution is 2.23. The van der Waals surface area contributed by atoms with Gasteiger partial charge in [-0.1, -0.05) is 0 Å². The Labute approximate surface area is 86.2 Å². The van der Waals surface area contributed by atoms with Crippen molar-refractivity contribution in [3.63, 3.8) is 0 Å². The summed E-state index contributed by atoms with van der Waals surface area (Å²) in [5.74, 6) is -1.28. The predicted octanol–water partition coefficient (Wildman–Crippen LogP) is -1.82. The molecule has 0 bridgehead atoms. The summed E-state index contributed by atoms with van der Waals surface area (Å²) in [6.45, 7) is 0. The molecule has 1 aliphatic rings. The molecule has 1 unspecified atom stereocenters. The van der Waals surface area contributed by atoms with E-state index in [-0.39, 0.29) is 0 Å². The first-order valence-electron chi connectivity index (χ1n) is 4.33. The first-order valence-corrected chi connectivity index (χ1v) is 4.33. The fourth-order valence-corrected chi connectivity index (χ4v) is 1.49. The lowest BCUT2D eigenvalue weighted by atomic mass is 9.99. The first-order chi connectivity index (χ1) is 7.02. The van der Waals surface area contributed by atoms with E-state index < -0.39 is 36.7 Å². The van der Waals surface area contributed by atoms with Crippen LogP contribution in [-0.4, -0.2) is 66.2 Å². The highest BCUT2D eigenvalue weighted by molar-refractivity contribution is 5.73. The van der Waals surface area contributed by atoms with Crippen LogP contribution in [0.2, 0.25) is 0 Å². The zero-order valence-corrected chi connectivity index (χ0v) is 8.36. The molecule has 0 saturated carbocycles. The van der Waals surface area contributed by atoms with Gasteiger partial charge in [-0.05, 0) is 0 Å². The maximum absolute atomic E-state index is 10.8. The average Bonchev–Trinajstić information content (AvgIpc) is 2.21. The van der Waals surface area contributed by atoms with Gasteiger partial charge >= 0.3 is 5.97 Å². The maximum atomic E-state index is 10.8.